The standard InChI is InChI=1S/C30H44O6/c1-25(2)16-9-11-19-27(5)14-18(31)24(30(8)21(33)13-23(36-30)26(3,4)35)28(27,6)15-22(34)29(19,7)17(16)10-12-20(25)32/h9,13,17-20,24,31-32,35H,10-12,14-15H2,1-8H3. The van der Waals surface area contributed by atoms with Crippen LogP contribution >= 0.6 is 0 Å². The van der Waals surface area contributed by atoms with Gasteiger partial charge >= 0.3 is 0 Å². The maximum atomic E-state index is 14.3. The number of Topliss-reactive ketones (excluding diaryl/α,β-unsaturated/α-hetero) is 1. The van der Waals surface area contributed by atoms with Gasteiger partial charge in [0.1, 0.15) is 17.1 Å². The number of carbonyl (C=O) groups excluding carboxylic acids is 2. The molecule has 0 aromatic heterocycles. The first-order valence-electron chi connectivity index (χ1n) is 13.6. The highest BCUT2D eigenvalue weighted by molar-refractivity contribution is 6.00. The number of hydrogen-bond donors (Lipinski definition) is 3. The maximum Gasteiger partial charge on any atom is 0.202 e. The average Bonchev–Trinajstić information content (AvgIpc) is 3.15. The van der Waals surface area contributed by atoms with Crippen LogP contribution < -0.4 is 0 Å². The first-order valence-corrected chi connectivity index (χ1v) is 13.6. The van der Waals surface area contributed by atoms with Gasteiger partial charge in [0.25, 0.3) is 0 Å². The third-order valence-corrected chi connectivity index (χ3v) is 11.9. The van der Waals surface area contributed by atoms with E-state index in [4.69, 9.17) is 4.74 Å². The SMILES string of the molecule is CC(C)(O)C1=CC(=O)C(C)(C2C(O)CC3(C)C4CC=C5C(CCC(O)C5(C)C)C4(C)C(=O)CC23C)O1. The zero-order chi connectivity index (χ0) is 26.9. The molecule has 200 valence electrons. The van der Waals surface area contributed by atoms with Crippen molar-refractivity contribution >= 4 is 11.6 Å². The van der Waals surface area contributed by atoms with Crippen LogP contribution in [0.15, 0.2) is 23.5 Å². The van der Waals surface area contributed by atoms with Gasteiger partial charge in [0.2, 0.25) is 5.78 Å². The van der Waals surface area contributed by atoms with E-state index >= 15 is 0 Å². The van der Waals surface area contributed by atoms with Gasteiger partial charge in [0.15, 0.2) is 5.60 Å². The Balaban J connectivity index is 1.59. The van der Waals surface area contributed by atoms with E-state index < -0.39 is 45.6 Å². The fourth-order valence-corrected chi connectivity index (χ4v) is 9.56. The second-order valence-electron chi connectivity index (χ2n) is 14.4. The van der Waals surface area contributed by atoms with Crippen molar-refractivity contribution in [1.82, 2.24) is 0 Å². The van der Waals surface area contributed by atoms with Gasteiger partial charge in [-0.05, 0) is 69.1 Å². The Bertz CT molecular complexity index is 1080. The van der Waals surface area contributed by atoms with Gasteiger partial charge in [-0.25, -0.2) is 0 Å². The van der Waals surface area contributed by atoms with E-state index in [1.54, 1.807) is 20.8 Å². The first-order chi connectivity index (χ1) is 16.3. The summed E-state index contributed by atoms with van der Waals surface area (Å²) in [6, 6.07) is 0. The molecule has 9 unspecified atom stereocenters. The summed E-state index contributed by atoms with van der Waals surface area (Å²) in [6.45, 7) is 15.5. The molecular weight excluding hydrogens is 456 g/mol. The molecule has 3 saturated carbocycles. The van der Waals surface area contributed by atoms with E-state index in [0.29, 0.717) is 19.3 Å². The Morgan fingerprint density at radius 3 is 2.22 bits per heavy atom. The smallest absolute Gasteiger partial charge is 0.202 e. The molecule has 6 heteroatoms. The molecule has 0 spiro atoms. The molecule has 0 radical (unpaired) electrons. The predicted octanol–water partition coefficient (Wildman–Crippen LogP) is 4.12. The number of aliphatic hydroxyl groups excluding tert-OH is 2. The number of fused-ring (bicyclic) bond motifs is 5. The molecule has 5 rings (SSSR count). The van der Waals surface area contributed by atoms with Crippen molar-refractivity contribution in [2.45, 2.75) is 111 Å². The van der Waals surface area contributed by atoms with Gasteiger partial charge in [-0.2, -0.15) is 0 Å². The molecule has 9 atom stereocenters. The maximum absolute atomic E-state index is 14.3. The number of hydrogen-bond acceptors (Lipinski definition) is 6. The van der Waals surface area contributed by atoms with E-state index in [9.17, 15) is 24.9 Å². The highest BCUT2D eigenvalue weighted by Crippen LogP contribution is 2.74. The summed E-state index contributed by atoms with van der Waals surface area (Å²) in [5.41, 5.74) is -3.46. The van der Waals surface area contributed by atoms with Crippen LogP contribution in [-0.4, -0.2) is 50.3 Å². The summed E-state index contributed by atoms with van der Waals surface area (Å²) >= 11 is 0. The van der Waals surface area contributed by atoms with Crippen molar-refractivity contribution in [3.05, 3.63) is 23.5 Å². The Morgan fingerprint density at radius 2 is 1.64 bits per heavy atom. The fourth-order valence-electron chi connectivity index (χ4n) is 9.56. The first kappa shape index (κ1) is 26.1. The van der Waals surface area contributed by atoms with Gasteiger partial charge in [-0.1, -0.05) is 46.3 Å². The van der Waals surface area contributed by atoms with Crippen molar-refractivity contribution < 1.29 is 29.6 Å². The largest absolute Gasteiger partial charge is 0.480 e. The van der Waals surface area contributed by atoms with Gasteiger partial charge in [0, 0.05) is 29.2 Å². The zero-order valence-corrected chi connectivity index (χ0v) is 23.1. The van der Waals surface area contributed by atoms with Crippen LogP contribution in [0.2, 0.25) is 0 Å². The van der Waals surface area contributed by atoms with E-state index in [1.165, 1.54) is 11.6 Å². The van der Waals surface area contributed by atoms with E-state index in [2.05, 4.69) is 40.7 Å². The summed E-state index contributed by atoms with van der Waals surface area (Å²) in [6.07, 6.45) is 5.36. The normalized spacial score (nSPS) is 50.0. The number of rotatable bonds is 2. The number of aliphatic hydroxyl groups is 3. The molecule has 3 N–H and O–H groups in total. The molecule has 36 heavy (non-hydrogen) atoms. The minimum atomic E-state index is -1.35. The lowest BCUT2D eigenvalue weighted by Crippen LogP contribution is -2.64. The van der Waals surface area contributed by atoms with Crippen molar-refractivity contribution in [1.29, 1.82) is 0 Å². The van der Waals surface area contributed by atoms with Crippen molar-refractivity contribution in [2.24, 2.45) is 39.4 Å². The van der Waals surface area contributed by atoms with E-state index in [1.807, 2.05) is 0 Å². The van der Waals surface area contributed by atoms with E-state index in [-0.39, 0.29) is 41.0 Å². The van der Waals surface area contributed by atoms with Crippen LogP contribution in [0, 0.1) is 39.4 Å². The van der Waals surface area contributed by atoms with Crippen molar-refractivity contribution in [3.63, 3.8) is 0 Å². The Hall–Kier alpha value is -1.50. The Labute approximate surface area is 215 Å². The predicted molar refractivity (Wildman–Crippen MR) is 136 cm³/mol. The van der Waals surface area contributed by atoms with Gasteiger partial charge in [-0.3, -0.25) is 9.59 Å². The van der Waals surface area contributed by atoms with Crippen molar-refractivity contribution in [3.8, 4) is 0 Å². The number of ketones is 2. The summed E-state index contributed by atoms with van der Waals surface area (Å²) in [5, 5.41) is 32.9. The second kappa shape index (κ2) is 7.33. The third kappa shape index (κ3) is 2.95. The molecule has 0 amide bonds. The molecule has 0 bridgehead atoms. The number of carbonyl (C=O) groups is 2. The third-order valence-electron chi connectivity index (χ3n) is 11.9. The monoisotopic (exact) mass is 500 g/mol. The lowest BCUT2D eigenvalue weighted by atomic mass is 9.38. The quantitative estimate of drug-likeness (QED) is 0.493. The molecule has 4 aliphatic carbocycles. The molecular formula is C30H44O6. The fraction of sp³-hybridized carbons (Fsp3) is 0.800. The molecule has 1 heterocycles. The highest BCUT2D eigenvalue weighted by atomic mass is 16.5. The summed E-state index contributed by atoms with van der Waals surface area (Å²) in [4.78, 5) is 27.7. The number of ether oxygens (including phenoxy) is 1. The lowest BCUT2D eigenvalue weighted by molar-refractivity contribution is -0.184. The van der Waals surface area contributed by atoms with Gasteiger partial charge in [-0.15, -0.1) is 0 Å². The van der Waals surface area contributed by atoms with Gasteiger partial charge < -0.3 is 20.1 Å². The average molecular weight is 501 g/mol. The highest BCUT2D eigenvalue weighted by Gasteiger charge is 2.75. The van der Waals surface area contributed by atoms with Crippen LogP contribution in [0.3, 0.4) is 0 Å². The molecule has 0 saturated heterocycles. The minimum Gasteiger partial charge on any atom is -0.480 e. The summed E-state index contributed by atoms with van der Waals surface area (Å²) in [7, 11) is 0. The number of allylic oxidation sites excluding steroid dienone is 1. The minimum absolute atomic E-state index is 0.0116. The summed E-state index contributed by atoms with van der Waals surface area (Å²) < 4.78 is 6.21. The van der Waals surface area contributed by atoms with Crippen LogP contribution in [-0.2, 0) is 14.3 Å². The summed E-state index contributed by atoms with van der Waals surface area (Å²) in [5.74, 6) is -0.356. The zero-order valence-electron chi connectivity index (χ0n) is 23.1. The molecule has 5 aliphatic rings. The van der Waals surface area contributed by atoms with Crippen LogP contribution in [0.5, 0.6) is 0 Å². The van der Waals surface area contributed by atoms with Crippen LogP contribution in [0.4, 0.5) is 0 Å². The van der Waals surface area contributed by atoms with E-state index in [0.717, 1.165) is 6.42 Å². The molecule has 3 fully saturated rings. The lowest BCUT2D eigenvalue weighted by Gasteiger charge is -2.64. The second-order valence-corrected chi connectivity index (χ2v) is 14.4. The van der Waals surface area contributed by atoms with Gasteiger partial charge in [0.05, 0.1) is 12.2 Å². The molecule has 1 aliphatic heterocycles. The van der Waals surface area contributed by atoms with Crippen LogP contribution in [0.1, 0.15) is 87.5 Å². The molecule has 0 aromatic rings. The Morgan fingerprint density at radius 1 is 1.00 bits per heavy atom. The van der Waals surface area contributed by atoms with Crippen molar-refractivity contribution in [2.75, 3.05) is 0 Å². The molecule has 6 nitrogen and oxygen atoms in total. The Kier molecular flexibility index (Phi) is 5.32. The molecule has 0 aromatic carbocycles. The van der Waals surface area contributed by atoms with Crippen LogP contribution in [0.25, 0.3) is 0 Å². The topological polar surface area (TPSA) is 104 Å².